The van der Waals surface area contributed by atoms with Crippen molar-refractivity contribution in [3.8, 4) is 0 Å². The molecule has 14 heavy (non-hydrogen) atoms. The summed E-state index contributed by atoms with van der Waals surface area (Å²) in [6, 6.07) is 0. The van der Waals surface area contributed by atoms with E-state index in [0.29, 0.717) is 18.2 Å². The van der Waals surface area contributed by atoms with Gasteiger partial charge in [-0.1, -0.05) is 0 Å². The van der Waals surface area contributed by atoms with Gasteiger partial charge in [0.2, 0.25) is 0 Å². The fourth-order valence-electron chi connectivity index (χ4n) is 1.14. The lowest BCUT2D eigenvalue weighted by atomic mass is 10.5. The average Bonchev–Trinajstić information content (AvgIpc) is 2.76. The Morgan fingerprint density at radius 2 is 2.36 bits per heavy atom. The Hall–Kier alpha value is -1.43. The molecule has 0 aliphatic rings. The lowest BCUT2D eigenvalue weighted by molar-refractivity contribution is 0.624. The number of nitrogens with zero attached hydrogens (tertiary/aromatic N) is 6. The van der Waals surface area contributed by atoms with Gasteiger partial charge in [0, 0.05) is 6.20 Å². The first kappa shape index (κ1) is 9.14. The molecule has 0 aliphatic carbocycles. The number of hydrogen-bond donors (Lipinski definition) is 0. The van der Waals surface area contributed by atoms with Crippen molar-refractivity contribution in [1.82, 2.24) is 29.8 Å². The third kappa shape index (κ3) is 1.74. The van der Waals surface area contributed by atoms with E-state index in [-0.39, 0.29) is 0 Å². The van der Waals surface area contributed by atoms with E-state index in [1.807, 2.05) is 4.57 Å². The first-order valence-electron chi connectivity index (χ1n) is 4.07. The van der Waals surface area contributed by atoms with Crippen molar-refractivity contribution in [1.29, 1.82) is 0 Å². The molecule has 2 aromatic heterocycles. The van der Waals surface area contributed by atoms with Gasteiger partial charge in [-0.2, -0.15) is 4.80 Å². The summed E-state index contributed by atoms with van der Waals surface area (Å²) in [6.45, 7) is 0.551. The molecule has 2 heterocycles. The number of hydrogen-bond acceptors (Lipinski definition) is 4. The quantitative estimate of drug-likeness (QED) is 0.682. The predicted molar refractivity (Wildman–Crippen MR) is 49.7 cm³/mol. The second-order valence-electron chi connectivity index (χ2n) is 2.84. The minimum absolute atomic E-state index is 0.431. The maximum absolute atomic E-state index is 5.72. The van der Waals surface area contributed by atoms with Gasteiger partial charge >= 0.3 is 0 Å². The van der Waals surface area contributed by atoms with Crippen molar-refractivity contribution >= 4 is 11.6 Å². The lowest BCUT2D eigenvalue weighted by Gasteiger charge is -2.00. The van der Waals surface area contributed by atoms with E-state index in [1.54, 1.807) is 19.6 Å². The monoisotopic (exact) mass is 212 g/mol. The standard InChI is InChI=1S/C7H9ClN6/c1-13-11-7(10-12-13)4-14-5-9-3-6(14)2-8/h3,5H,2,4H2,1H3. The Morgan fingerprint density at radius 3 is 3.00 bits per heavy atom. The molecule has 2 aromatic rings. The topological polar surface area (TPSA) is 61.4 Å². The molecule has 6 nitrogen and oxygen atoms in total. The van der Waals surface area contributed by atoms with Crippen LogP contribution in [-0.4, -0.2) is 29.8 Å². The molecule has 0 radical (unpaired) electrons. The van der Waals surface area contributed by atoms with Gasteiger partial charge in [-0.3, -0.25) is 0 Å². The minimum atomic E-state index is 0.431. The zero-order valence-corrected chi connectivity index (χ0v) is 8.39. The summed E-state index contributed by atoms with van der Waals surface area (Å²) < 4.78 is 1.89. The van der Waals surface area contributed by atoms with E-state index in [4.69, 9.17) is 11.6 Å². The second-order valence-corrected chi connectivity index (χ2v) is 3.11. The molecule has 0 fully saturated rings. The van der Waals surface area contributed by atoms with Crippen LogP contribution in [0.4, 0.5) is 0 Å². The van der Waals surface area contributed by atoms with Crippen LogP contribution in [0.15, 0.2) is 12.5 Å². The number of aryl methyl sites for hydroxylation is 1. The molecule has 0 saturated heterocycles. The third-order valence-corrected chi connectivity index (χ3v) is 2.07. The summed E-state index contributed by atoms with van der Waals surface area (Å²) in [6.07, 6.45) is 3.43. The number of halogens is 1. The molecule has 7 heteroatoms. The molecule has 0 unspecified atom stereocenters. The molecule has 0 bridgehead atoms. The van der Waals surface area contributed by atoms with Crippen molar-refractivity contribution in [2.75, 3.05) is 0 Å². The van der Waals surface area contributed by atoms with Gasteiger partial charge in [0.05, 0.1) is 31.5 Å². The summed E-state index contributed by atoms with van der Waals surface area (Å²) in [5.74, 6) is 1.08. The van der Waals surface area contributed by atoms with Crippen LogP contribution in [0.2, 0.25) is 0 Å². The van der Waals surface area contributed by atoms with Gasteiger partial charge in [-0.05, 0) is 5.21 Å². The minimum Gasteiger partial charge on any atom is -0.326 e. The maximum Gasteiger partial charge on any atom is 0.194 e. The number of aromatic nitrogens is 6. The van der Waals surface area contributed by atoms with Gasteiger partial charge in [-0.15, -0.1) is 21.8 Å². The van der Waals surface area contributed by atoms with Crippen LogP contribution in [0.3, 0.4) is 0 Å². The van der Waals surface area contributed by atoms with Crippen LogP contribution in [-0.2, 0) is 19.5 Å². The molecular formula is C7H9ClN6. The highest BCUT2D eigenvalue weighted by molar-refractivity contribution is 6.16. The third-order valence-electron chi connectivity index (χ3n) is 1.80. The Balaban J connectivity index is 2.18. The molecule has 0 N–H and O–H groups in total. The zero-order chi connectivity index (χ0) is 9.97. The van der Waals surface area contributed by atoms with Crippen LogP contribution in [0.25, 0.3) is 0 Å². The van der Waals surface area contributed by atoms with E-state index >= 15 is 0 Å². The van der Waals surface area contributed by atoms with Crippen LogP contribution in [0.1, 0.15) is 11.5 Å². The largest absolute Gasteiger partial charge is 0.326 e. The van der Waals surface area contributed by atoms with E-state index in [1.165, 1.54) is 4.80 Å². The number of alkyl halides is 1. The van der Waals surface area contributed by atoms with Gasteiger partial charge in [0.15, 0.2) is 5.82 Å². The van der Waals surface area contributed by atoms with Crippen LogP contribution < -0.4 is 0 Å². The molecule has 2 rings (SSSR count). The van der Waals surface area contributed by atoms with Gasteiger partial charge in [0.25, 0.3) is 0 Å². The predicted octanol–water partition coefficient (Wildman–Crippen LogP) is 0.194. The zero-order valence-electron chi connectivity index (χ0n) is 7.63. The smallest absolute Gasteiger partial charge is 0.194 e. The van der Waals surface area contributed by atoms with Gasteiger partial charge in [0.1, 0.15) is 0 Å². The summed E-state index contributed by atoms with van der Waals surface area (Å²) in [5.41, 5.74) is 0.944. The highest BCUT2D eigenvalue weighted by Crippen LogP contribution is 2.04. The van der Waals surface area contributed by atoms with Crippen LogP contribution in [0.5, 0.6) is 0 Å². The fraction of sp³-hybridized carbons (Fsp3) is 0.429. The Bertz CT molecular complexity index is 419. The van der Waals surface area contributed by atoms with Crippen molar-refractivity contribution in [2.45, 2.75) is 12.4 Å². The van der Waals surface area contributed by atoms with Gasteiger partial charge in [-0.25, -0.2) is 4.98 Å². The van der Waals surface area contributed by atoms with Crippen molar-refractivity contribution in [3.05, 3.63) is 24.0 Å². The molecule has 74 valence electrons. The fourth-order valence-corrected chi connectivity index (χ4v) is 1.36. The van der Waals surface area contributed by atoms with Crippen molar-refractivity contribution < 1.29 is 0 Å². The van der Waals surface area contributed by atoms with E-state index in [0.717, 1.165) is 5.69 Å². The Labute approximate surface area is 85.5 Å². The normalized spacial score (nSPS) is 10.7. The summed E-state index contributed by atoms with van der Waals surface area (Å²) in [5, 5.41) is 11.7. The SMILES string of the molecule is Cn1nnc(Cn2cncc2CCl)n1. The highest BCUT2D eigenvalue weighted by atomic mass is 35.5. The number of rotatable bonds is 3. The summed E-state index contributed by atoms with van der Waals surface area (Å²) in [7, 11) is 1.73. The summed E-state index contributed by atoms with van der Waals surface area (Å²) >= 11 is 5.72. The van der Waals surface area contributed by atoms with E-state index in [9.17, 15) is 0 Å². The van der Waals surface area contributed by atoms with Crippen molar-refractivity contribution in [2.24, 2.45) is 7.05 Å². The molecule has 0 atom stereocenters. The highest BCUT2D eigenvalue weighted by Gasteiger charge is 2.05. The van der Waals surface area contributed by atoms with Gasteiger partial charge < -0.3 is 4.57 Å². The molecule has 0 aromatic carbocycles. The summed E-state index contributed by atoms with van der Waals surface area (Å²) in [4.78, 5) is 5.41. The first-order chi connectivity index (χ1) is 6.79. The second kappa shape index (κ2) is 3.75. The Morgan fingerprint density at radius 1 is 1.50 bits per heavy atom. The average molecular weight is 213 g/mol. The number of imidazole rings is 1. The van der Waals surface area contributed by atoms with Crippen LogP contribution >= 0.6 is 11.6 Å². The van der Waals surface area contributed by atoms with E-state index in [2.05, 4.69) is 20.4 Å². The molecule has 0 spiro atoms. The van der Waals surface area contributed by atoms with Crippen molar-refractivity contribution in [3.63, 3.8) is 0 Å². The first-order valence-corrected chi connectivity index (χ1v) is 4.61. The maximum atomic E-state index is 5.72. The molecular weight excluding hydrogens is 204 g/mol. The number of tetrazole rings is 1. The molecule has 0 amide bonds. The molecule has 0 saturated carbocycles. The lowest BCUT2D eigenvalue weighted by Crippen LogP contribution is -2.04. The van der Waals surface area contributed by atoms with E-state index < -0.39 is 0 Å². The molecule has 0 aliphatic heterocycles. The Kier molecular flexibility index (Phi) is 2.45. The van der Waals surface area contributed by atoms with Crippen LogP contribution in [0, 0.1) is 0 Å².